The fraction of sp³-hybridized carbons (Fsp3) is 0.533. The Bertz CT molecular complexity index is 657. The summed E-state index contributed by atoms with van der Waals surface area (Å²) in [5.74, 6) is 0.973. The molecular formula is C15H20N2O3S. The van der Waals surface area contributed by atoms with Crippen LogP contribution in [-0.2, 0) is 14.6 Å². The number of anilines is 1. The van der Waals surface area contributed by atoms with E-state index in [2.05, 4.69) is 10.6 Å². The second-order valence-electron chi connectivity index (χ2n) is 6.03. The van der Waals surface area contributed by atoms with Crippen LogP contribution in [0.3, 0.4) is 0 Å². The smallest absolute Gasteiger partial charge is 0.241 e. The Hall–Kier alpha value is -1.40. The lowest BCUT2D eigenvalue weighted by Crippen LogP contribution is -2.39. The van der Waals surface area contributed by atoms with Crippen molar-refractivity contribution in [2.75, 3.05) is 18.1 Å². The summed E-state index contributed by atoms with van der Waals surface area (Å²) < 4.78 is 23.1. The van der Waals surface area contributed by atoms with E-state index in [1.54, 1.807) is 12.1 Å². The molecule has 0 spiro atoms. The summed E-state index contributed by atoms with van der Waals surface area (Å²) in [5, 5.41) is 6.14. The molecule has 0 radical (unpaired) electrons. The highest BCUT2D eigenvalue weighted by Crippen LogP contribution is 2.38. The molecule has 21 heavy (non-hydrogen) atoms. The lowest BCUT2D eigenvalue weighted by molar-refractivity contribution is -0.118. The quantitative estimate of drug-likeness (QED) is 0.885. The number of carbonyl (C=O) groups is 1. The van der Waals surface area contributed by atoms with Gasteiger partial charge in [0.1, 0.15) is 0 Å². The van der Waals surface area contributed by atoms with Crippen LogP contribution in [0, 0.1) is 11.8 Å². The second-order valence-corrected chi connectivity index (χ2v) is 8.05. The Morgan fingerprint density at radius 3 is 2.90 bits per heavy atom. The molecule has 1 aromatic carbocycles. The average Bonchev–Trinajstić information content (AvgIpc) is 2.99. The number of amides is 1. The van der Waals surface area contributed by atoms with E-state index in [0.717, 1.165) is 19.2 Å². The van der Waals surface area contributed by atoms with Crippen LogP contribution in [0.15, 0.2) is 29.2 Å². The molecule has 1 amide bonds. The highest BCUT2D eigenvalue weighted by Gasteiger charge is 2.42. The van der Waals surface area contributed by atoms with Gasteiger partial charge in [0, 0.05) is 11.9 Å². The van der Waals surface area contributed by atoms with Gasteiger partial charge in [0.15, 0.2) is 9.84 Å². The van der Waals surface area contributed by atoms with Crippen molar-refractivity contribution in [1.82, 2.24) is 5.32 Å². The van der Waals surface area contributed by atoms with Crippen molar-refractivity contribution in [3.05, 3.63) is 24.3 Å². The monoisotopic (exact) mass is 308 g/mol. The molecule has 1 heterocycles. The summed E-state index contributed by atoms with van der Waals surface area (Å²) in [5.41, 5.74) is 0.533. The third kappa shape index (κ3) is 2.96. The molecule has 3 unspecified atom stereocenters. The minimum absolute atomic E-state index is 0.0601. The van der Waals surface area contributed by atoms with E-state index in [-0.39, 0.29) is 16.8 Å². The van der Waals surface area contributed by atoms with E-state index in [1.165, 1.54) is 25.0 Å². The van der Waals surface area contributed by atoms with Crippen molar-refractivity contribution < 1.29 is 13.2 Å². The maximum Gasteiger partial charge on any atom is 0.241 e. The van der Waals surface area contributed by atoms with Crippen molar-refractivity contribution in [2.45, 2.75) is 30.2 Å². The number of rotatable bonds is 3. The van der Waals surface area contributed by atoms with E-state index < -0.39 is 9.84 Å². The van der Waals surface area contributed by atoms with Crippen molar-refractivity contribution in [3.63, 3.8) is 0 Å². The van der Waals surface area contributed by atoms with Crippen LogP contribution in [0.1, 0.15) is 19.3 Å². The van der Waals surface area contributed by atoms with Gasteiger partial charge in [-0.25, -0.2) is 8.42 Å². The molecule has 1 aromatic rings. The predicted octanol–water partition coefficient (Wildman–Crippen LogP) is 1.42. The Balaban J connectivity index is 1.73. The third-order valence-electron chi connectivity index (χ3n) is 4.56. The number of nitrogens with one attached hydrogen (secondary N) is 2. The SMILES string of the molecule is CS(=O)(=O)c1cccc(NC(=O)C2NCC3CCCC32)c1. The Morgan fingerprint density at radius 1 is 1.33 bits per heavy atom. The van der Waals surface area contributed by atoms with Gasteiger partial charge in [-0.15, -0.1) is 0 Å². The number of hydrogen-bond acceptors (Lipinski definition) is 4. The van der Waals surface area contributed by atoms with Gasteiger partial charge >= 0.3 is 0 Å². The van der Waals surface area contributed by atoms with Gasteiger partial charge in [-0.2, -0.15) is 0 Å². The topological polar surface area (TPSA) is 75.3 Å². The summed E-state index contributed by atoms with van der Waals surface area (Å²) in [6.07, 6.45) is 4.66. The van der Waals surface area contributed by atoms with E-state index in [9.17, 15) is 13.2 Å². The Kier molecular flexibility index (Phi) is 3.75. The number of fused-ring (bicyclic) bond motifs is 1. The molecule has 5 nitrogen and oxygen atoms in total. The first kappa shape index (κ1) is 14.5. The van der Waals surface area contributed by atoms with Gasteiger partial charge in [-0.1, -0.05) is 12.5 Å². The maximum atomic E-state index is 12.4. The van der Waals surface area contributed by atoms with Crippen molar-refractivity contribution in [1.29, 1.82) is 0 Å². The van der Waals surface area contributed by atoms with Crippen LogP contribution in [0.2, 0.25) is 0 Å². The first-order valence-corrected chi connectivity index (χ1v) is 9.18. The third-order valence-corrected chi connectivity index (χ3v) is 5.67. The summed E-state index contributed by atoms with van der Waals surface area (Å²) in [4.78, 5) is 12.6. The highest BCUT2D eigenvalue weighted by atomic mass is 32.2. The summed E-state index contributed by atoms with van der Waals surface area (Å²) >= 11 is 0. The van der Waals surface area contributed by atoms with E-state index in [4.69, 9.17) is 0 Å². The fourth-order valence-electron chi connectivity index (χ4n) is 3.50. The van der Waals surface area contributed by atoms with Gasteiger partial charge in [-0.05, 0) is 49.4 Å². The molecule has 3 rings (SSSR count). The predicted molar refractivity (Wildman–Crippen MR) is 80.8 cm³/mol. The Labute approximate surface area is 125 Å². The molecular weight excluding hydrogens is 288 g/mol. The van der Waals surface area contributed by atoms with Gasteiger partial charge in [0.2, 0.25) is 5.91 Å². The van der Waals surface area contributed by atoms with E-state index in [0.29, 0.717) is 17.5 Å². The summed E-state index contributed by atoms with van der Waals surface area (Å²) in [7, 11) is -3.26. The normalized spacial score (nSPS) is 28.3. The average molecular weight is 308 g/mol. The maximum absolute atomic E-state index is 12.4. The number of benzene rings is 1. The molecule has 2 N–H and O–H groups in total. The van der Waals surface area contributed by atoms with Crippen LogP contribution >= 0.6 is 0 Å². The van der Waals surface area contributed by atoms with E-state index in [1.807, 2.05) is 0 Å². The summed E-state index contributed by atoms with van der Waals surface area (Å²) in [6.45, 7) is 0.909. The van der Waals surface area contributed by atoms with Crippen LogP contribution < -0.4 is 10.6 Å². The largest absolute Gasteiger partial charge is 0.325 e. The van der Waals surface area contributed by atoms with Gasteiger partial charge < -0.3 is 10.6 Å². The van der Waals surface area contributed by atoms with Crippen LogP contribution in [0.4, 0.5) is 5.69 Å². The molecule has 6 heteroatoms. The number of hydrogen-bond donors (Lipinski definition) is 2. The van der Waals surface area contributed by atoms with Crippen LogP contribution in [0.25, 0.3) is 0 Å². The minimum Gasteiger partial charge on any atom is -0.325 e. The van der Waals surface area contributed by atoms with Gasteiger partial charge in [-0.3, -0.25) is 4.79 Å². The molecule has 1 aliphatic carbocycles. The fourth-order valence-corrected chi connectivity index (χ4v) is 4.17. The standard InChI is InChI=1S/C15H20N2O3S/c1-21(19,20)12-6-3-5-11(8-12)17-15(18)14-13-7-2-4-10(13)9-16-14/h3,5-6,8,10,13-14,16H,2,4,7,9H2,1H3,(H,17,18). The molecule has 0 aromatic heterocycles. The van der Waals surface area contributed by atoms with Gasteiger partial charge in [0.25, 0.3) is 0 Å². The highest BCUT2D eigenvalue weighted by molar-refractivity contribution is 7.90. The van der Waals surface area contributed by atoms with Crippen LogP contribution in [0.5, 0.6) is 0 Å². The van der Waals surface area contributed by atoms with Crippen molar-refractivity contribution >= 4 is 21.4 Å². The minimum atomic E-state index is -3.26. The van der Waals surface area contributed by atoms with Crippen molar-refractivity contribution in [2.24, 2.45) is 11.8 Å². The molecule has 3 atom stereocenters. The lowest BCUT2D eigenvalue weighted by Gasteiger charge is -2.18. The first-order valence-electron chi connectivity index (χ1n) is 7.29. The zero-order valence-corrected chi connectivity index (χ0v) is 12.8. The zero-order valence-electron chi connectivity index (χ0n) is 12.0. The molecule has 0 bridgehead atoms. The zero-order chi connectivity index (χ0) is 15.0. The number of carbonyl (C=O) groups excluding carboxylic acids is 1. The molecule has 1 aliphatic heterocycles. The Morgan fingerprint density at radius 2 is 2.14 bits per heavy atom. The number of sulfone groups is 1. The van der Waals surface area contributed by atoms with Crippen LogP contribution in [-0.4, -0.2) is 33.2 Å². The van der Waals surface area contributed by atoms with Crippen molar-refractivity contribution in [3.8, 4) is 0 Å². The lowest BCUT2D eigenvalue weighted by atomic mass is 9.93. The molecule has 114 valence electrons. The second kappa shape index (κ2) is 5.42. The molecule has 1 saturated carbocycles. The molecule has 1 saturated heterocycles. The van der Waals surface area contributed by atoms with E-state index >= 15 is 0 Å². The summed E-state index contributed by atoms with van der Waals surface area (Å²) in [6, 6.07) is 6.25. The molecule has 2 fully saturated rings. The molecule has 2 aliphatic rings. The van der Waals surface area contributed by atoms with Gasteiger partial charge in [0.05, 0.1) is 10.9 Å². The first-order chi connectivity index (χ1) is 9.95.